The van der Waals surface area contributed by atoms with Gasteiger partial charge in [-0.15, -0.1) is 0 Å². The van der Waals surface area contributed by atoms with Gasteiger partial charge < -0.3 is 14.2 Å². The Labute approximate surface area is 137 Å². The van der Waals surface area contributed by atoms with E-state index in [1.54, 1.807) is 0 Å². The SMILES string of the molecule is O=C(C1=CCCCO1)N1CCCC(c2ncc3n2CCCC3)C1. The summed E-state index contributed by atoms with van der Waals surface area (Å²) in [6.45, 7) is 3.37. The van der Waals surface area contributed by atoms with Gasteiger partial charge >= 0.3 is 0 Å². The standard InChI is InChI=1S/C18H25N3O2/c22-18(16-8-2-4-11-23-16)20-9-5-6-14(13-20)17-19-12-15-7-1-3-10-21(15)17/h8,12,14H,1-7,9-11,13H2. The van der Waals surface area contributed by atoms with Crippen LogP contribution in [0, 0.1) is 0 Å². The number of fused-ring (bicyclic) bond motifs is 1. The van der Waals surface area contributed by atoms with E-state index >= 15 is 0 Å². The molecule has 4 rings (SSSR count). The van der Waals surface area contributed by atoms with Crippen LogP contribution in [0.3, 0.4) is 0 Å². The number of ether oxygens (including phenoxy) is 1. The molecular formula is C18H25N3O2. The second kappa shape index (κ2) is 6.38. The van der Waals surface area contributed by atoms with E-state index in [1.165, 1.54) is 24.4 Å². The number of imidazole rings is 1. The van der Waals surface area contributed by atoms with Crippen LogP contribution in [-0.4, -0.2) is 40.1 Å². The minimum atomic E-state index is 0.0693. The van der Waals surface area contributed by atoms with E-state index in [1.807, 2.05) is 17.2 Å². The largest absolute Gasteiger partial charge is 0.488 e. The number of piperidine rings is 1. The van der Waals surface area contributed by atoms with Gasteiger partial charge in [-0.3, -0.25) is 4.79 Å². The second-order valence-corrected chi connectivity index (χ2v) is 6.87. The maximum absolute atomic E-state index is 12.7. The summed E-state index contributed by atoms with van der Waals surface area (Å²) in [5.41, 5.74) is 1.37. The van der Waals surface area contributed by atoms with Gasteiger partial charge in [0.05, 0.1) is 6.61 Å². The van der Waals surface area contributed by atoms with E-state index in [4.69, 9.17) is 9.72 Å². The molecule has 0 N–H and O–H groups in total. The smallest absolute Gasteiger partial charge is 0.288 e. The molecule has 3 aliphatic rings. The number of allylic oxidation sites excluding steroid dienone is 1. The Bertz CT molecular complexity index is 620. The molecule has 0 spiro atoms. The van der Waals surface area contributed by atoms with Gasteiger partial charge in [-0.05, 0) is 51.0 Å². The van der Waals surface area contributed by atoms with Crippen LogP contribution in [0.25, 0.3) is 0 Å². The number of rotatable bonds is 2. The molecule has 5 nitrogen and oxygen atoms in total. The van der Waals surface area contributed by atoms with Gasteiger partial charge in [0.2, 0.25) is 0 Å². The van der Waals surface area contributed by atoms with E-state index < -0.39 is 0 Å². The lowest BCUT2D eigenvalue weighted by molar-refractivity contribution is -0.132. The highest BCUT2D eigenvalue weighted by atomic mass is 16.5. The van der Waals surface area contributed by atoms with E-state index in [0.717, 1.165) is 51.7 Å². The van der Waals surface area contributed by atoms with Crippen molar-refractivity contribution in [3.63, 3.8) is 0 Å². The molecule has 1 aromatic heterocycles. The molecule has 0 saturated carbocycles. The van der Waals surface area contributed by atoms with Gasteiger partial charge in [-0.25, -0.2) is 4.98 Å². The van der Waals surface area contributed by atoms with Crippen molar-refractivity contribution in [3.8, 4) is 0 Å². The minimum absolute atomic E-state index is 0.0693. The number of aromatic nitrogens is 2. The van der Waals surface area contributed by atoms with Crippen LogP contribution >= 0.6 is 0 Å². The minimum Gasteiger partial charge on any atom is -0.488 e. The van der Waals surface area contributed by atoms with Crippen molar-refractivity contribution >= 4 is 5.91 Å². The first-order chi connectivity index (χ1) is 11.3. The summed E-state index contributed by atoms with van der Waals surface area (Å²) >= 11 is 0. The van der Waals surface area contributed by atoms with E-state index in [-0.39, 0.29) is 5.91 Å². The molecule has 0 aliphatic carbocycles. The summed E-state index contributed by atoms with van der Waals surface area (Å²) < 4.78 is 7.96. The monoisotopic (exact) mass is 315 g/mol. The van der Waals surface area contributed by atoms with Crippen molar-refractivity contribution in [2.24, 2.45) is 0 Å². The first-order valence-corrected chi connectivity index (χ1v) is 8.99. The molecule has 0 aromatic carbocycles. The fourth-order valence-corrected chi connectivity index (χ4v) is 4.02. The maximum Gasteiger partial charge on any atom is 0.288 e. The Morgan fingerprint density at radius 1 is 1.22 bits per heavy atom. The lowest BCUT2D eigenvalue weighted by Crippen LogP contribution is -2.41. The molecule has 1 atom stereocenters. The maximum atomic E-state index is 12.7. The molecule has 3 aliphatic heterocycles. The van der Waals surface area contributed by atoms with Gasteiger partial charge in [0.25, 0.3) is 5.91 Å². The van der Waals surface area contributed by atoms with Crippen LogP contribution in [0.4, 0.5) is 0 Å². The van der Waals surface area contributed by atoms with E-state index in [9.17, 15) is 4.79 Å². The van der Waals surface area contributed by atoms with Crippen molar-refractivity contribution in [1.82, 2.24) is 14.5 Å². The van der Waals surface area contributed by atoms with Crippen molar-refractivity contribution in [2.75, 3.05) is 19.7 Å². The van der Waals surface area contributed by atoms with Gasteiger partial charge in [0.1, 0.15) is 5.82 Å². The number of nitrogens with zero attached hydrogens (tertiary/aromatic N) is 3. The summed E-state index contributed by atoms with van der Waals surface area (Å²) in [6.07, 6.45) is 11.8. The quantitative estimate of drug-likeness (QED) is 0.843. The first kappa shape index (κ1) is 14.8. The Kier molecular flexibility index (Phi) is 4.10. The van der Waals surface area contributed by atoms with E-state index in [2.05, 4.69) is 4.57 Å². The highest BCUT2D eigenvalue weighted by Gasteiger charge is 2.30. The second-order valence-electron chi connectivity index (χ2n) is 6.87. The zero-order valence-electron chi connectivity index (χ0n) is 13.7. The van der Waals surface area contributed by atoms with Crippen LogP contribution in [-0.2, 0) is 22.5 Å². The number of hydrogen-bond donors (Lipinski definition) is 0. The molecule has 0 bridgehead atoms. The Hall–Kier alpha value is -1.78. The Morgan fingerprint density at radius 2 is 2.17 bits per heavy atom. The highest BCUT2D eigenvalue weighted by Crippen LogP contribution is 2.30. The third-order valence-corrected chi connectivity index (χ3v) is 5.25. The summed E-state index contributed by atoms with van der Waals surface area (Å²) in [5.74, 6) is 2.18. The number of carbonyl (C=O) groups excluding carboxylic acids is 1. The third kappa shape index (κ3) is 2.89. The molecule has 1 saturated heterocycles. The van der Waals surface area contributed by atoms with Crippen LogP contribution < -0.4 is 0 Å². The molecule has 4 heterocycles. The number of amides is 1. The van der Waals surface area contributed by atoms with Gasteiger partial charge in [0, 0.05) is 37.4 Å². The van der Waals surface area contributed by atoms with Crippen LogP contribution in [0.1, 0.15) is 56.0 Å². The number of hydrogen-bond acceptors (Lipinski definition) is 3. The van der Waals surface area contributed by atoms with Crippen molar-refractivity contribution < 1.29 is 9.53 Å². The topological polar surface area (TPSA) is 47.4 Å². The Balaban J connectivity index is 1.50. The fraction of sp³-hybridized carbons (Fsp3) is 0.667. The summed E-state index contributed by atoms with van der Waals surface area (Å²) in [7, 11) is 0. The third-order valence-electron chi connectivity index (χ3n) is 5.25. The molecule has 1 amide bonds. The van der Waals surface area contributed by atoms with Crippen molar-refractivity contribution in [3.05, 3.63) is 29.6 Å². The molecule has 23 heavy (non-hydrogen) atoms. The van der Waals surface area contributed by atoms with E-state index in [0.29, 0.717) is 18.3 Å². The predicted molar refractivity (Wildman–Crippen MR) is 87.0 cm³/mol. The van der Waals surface area contributed by atoms with Gasteiger partial charge in [-0.1, -0.05) is 0 Å². The fourth-order valence-electron chi connectivity index (χ4n) is 4.02. The molecule has 1 fully saturated rings. The van der Waals surface area contributed by atoms with Crippen LogP contribution in [0.15, 0.2) is 18.0 Å². The van der Waals surface area contributed by atoms with Crippen LogP contribution in [0.2, 0.25) is 0 Å². The van der Waals surface area contributed by atoms with Crippen LogP contribution in [0.5, 0.6) is 0 Å². The lowest BCUT2D eigenvalue weighted by Gasteiger charge is -2.34. The predicted octanol–water partition coefficient (Wildman–Crippen LogP) is 2.62. The normalized spacial score (nSPS) is 24.6. The molecule has 1 unspecified atom stereocenters. The average molecular weight is 315 g/mol. The van der Waals surface area contributed by atoms with Crippen molar-refractivity contribution in [1.29, 1.82) is 0 Å². The molecule has 124 valence electrons. The first-order valence-electron chi connectivity index (χ1n) is 8.99. The Morgan fingerprint density at radius 3 is 3.04 bits per heavy atom. The highest BCUT2D eigenvalue weighted by molar-refractivity contribution is 5.91. The zero-order valence-corrected chi connectivity index (χ0v) is 13.7. The summed E-state index contributed by atoms with van der Waals surface area (Å²) in [4.78, 5) is 19.3. The van der Waals surface area contributed by atoms with Gasteiger partial charge in [0.15, 0.2) is 5.76 Å². The molecule has 1 aromatic rings. The molecule has 0 radical (unpaired) electrons. The lowest BCUT2D eigenvalue weighted by atomic mass is 9.96. The number of aryl methyl sites for hydroxylation is 1. The number of likely N-dealkylation sites (tertiary alicyclic amines) is 1. The summed E-state index contributed by atoms with van der Waals surface area (Å²) in [5, 5.41) is 0. The summed E-state index contributed by atoms with van der Waals surface area (Å²) in [6, 6.07) is 0. The van der Waals surface area contributed by atoms with Crippen molar-refractivity contribution in [2.45, 2.75) is 57.4 Å². The number of carbonyl (C=O) groups is 1. The molecule has 5 heteroatoms. The average Bonchev–Trinajstić information content (AvgIpc) is 3.06. The molecular weight excluding hydrogens is 290 g/mol. The van der Waals surface area contributed by atoms with Gasteiger partial charge in [-0.2, -0.15) is 0 Å². The zero-order chi connectivity index (χ0) is 15.6.